The second kappa shape index (κ2) is 5.05. The summed E-state index contributed by atoms with van der Waals surface area (Å²) in [7, 11) is 0. The molecule has 23 heavy (non-hydrogen) atoms. The number of nitriles is 1. The summed E-state index contributed by atoms with van der Waals surface area (Å²) in [6.07, 6.45) is -4.47. The first-order valence-electron chi connectivity index (χ1n) is 6.62. The quantitative estimate of drug-likeness (QED) is 0.845. The minimum absolute atomic E-state index is 0.0568. The number of allylic oxidation sites excluding steroid dienone is 1. The van der Waals surface area contributed by atoms with E-state index in [1.807, 2.05) is 6.07 Å². The lowest BCUT2D eigenvalue weighted by Gasteiger charge is -2.24. The Morgan fingerprint density at radius 2 is 2.13 bits per heavy atom. The zero-order chi connectivity index (χ0) is 16.8. The van der Waals surface area contributed by atoms with Gasteiger partial charge in [0, 0.05) is 11.3 Å². The van der Waals surface area contributed by atoms with Crippen molar-refractivity contribution in [2.45, 2.75) is 19.0 Å². The number of benzene rings is 1. The summed E-state index contributed by atoms with van der Waals surface area (Å²) in [4.78, 5) is 0. The van der Waals surface area contributed by atoms with Crippen molar-refractivity contribution in [3.63, 3.8) is 0 Å². The molecule has 1 aromatic carbocycles. The van der Waals surface area contributed by atoms with Gasteiger partial charge in [-0.1, -0.05) is 18.2 Å². The number of aromatic nitrogens is 2. The Morgan fingerprint density at radius 3 is 2.78 bits per heavy atom. The van der Waals surface area contributed by atoms with Crippen LogP contribution in [-0.2, 0) is 6.18 Å². The van der Waals surface area contributed by atoms with Crippen molar-refractivity contribution in [1.29, 1.82) is 5.26 Å². The molecule has 0 unspecified atom stereocenters. The minimum atomic E-state index is -4.47. The normalized spacial score (nSPS) is 17.4. The fourth-order valence-electron chi connectivity index (χ4n) is 2.63. The number of nitrogens with zero attached hydrogens (tertiary/aromatic N) is 2. The molecule has 1 aromatic heterocycles. The lowest BCUT2D eigenvalue weighted by atomic mass is 9.83. The molecule has 0 aliphatic carbocycles. The molecule has 1 atom stereocenters. The van der Waals surface area contributed by atoms with Crippen LogP contribution in [-0.4, -0.2) is 10.2 Å². The Bertz CT molecular complexity index is 845. The Morgan fingerprint density at radius 1 is 1.39 bits per heavy atom. The number of alkyl halides is 3. The van der Waals surface area contributed by atoms with Crippen LogP contribution in [0, 0.1) is 18.3 Å². The summed E-state index contributed by atoms with van der Waals surface area (Å²) in [5, 5.41) is 16.0. The van der Waals surface area contributed by atoms with E-state index >= 15 is 0 Å². The summed E-state index contributed by atoms with van der Waals surface area (Å²) in [6.45, 7) is 1.70. The Kier molecular flexibility index (Phi) is 3.29. The van der Waals surface area contributed by atoms with E-state index in [4.69, 9.17) is 10.5 Å². The van der Waals surface area contributed by atoms with E-state index < -0.39 is 17.7 Å². The highest BCUT2D eigenvalue weighted by atomic mass is 19.4. The van der Waals surface area contributed by atoms with Crippen LogP contribution in [0.4, 0.5) is 13.2 Å². The molecule has 2 heterocycles. The van der Waals surface area contributed by atoms with Gasteiger partial charge in [0.1, 0.15) is 11.6 Å². The molecule has 0 saturated carbocycles. The summed E-state index contributed by atoms with van der Waals surface area (Å²) >= 11 is 0. The first kappa shape index (κ1) is 15.0. The summed E-state index contributed by atoms with van der Waals surface area (Å²) in [6, 6.07) is 6.73. The second-order valence-corrected chi connectivity index (χ2v) is 5.12. The number of hydrogen-bond donors (Lipinski definition) is 2. The van der Waals surface area contributed by atoms with Gasteiger partial charge >= 0.3 is 6.18 Å². The maximum Gasteiger partial charge on any atom is 0.416 e. The monoisotopic (exact) mass is 320 g/mol. The number of H-pyrrole nitrogens is 1. The molecule has 1 aliphatic heterocycles. The van der Waals surface area contributed by atoms with Crippen LogP contribution in [0.15, 0.2) is 35.7 Å². The molecule has 8 heteroatoms. The number of rotatable bonds is 1. The number of nitrogens with two attached hydrogens (primary N) is 1. The lowest BCUT2D eigenvalue weighted by Crippen LogP contribution is -2.21. The molecule has 5 nitrogen and oxygen atoms in total. The molecule has 118 valence electrons. The van der Waals surface area contributed by atoms with Crippen molar-refractivity contribution in [2.24, 2.45) is 5.73 Å². The van der Waals surface area contributed by atoms with Crippen molar-refractivity contribution in [3.05, 3.63) is 58.1 Å². The number of hydrogen-bond acceptors (Lipinski definition) is 4. The van der Waals surface area contributed by atoms with Crippen LogP contribution < -0.4 is 10.5 Å². The Labute approximate surface area is 129 Å². The fourth-order valence-corrected chi connectivity index (χ4v) is 2.63. The third-order valence-electron chi connectivity index (χ3n) is 3.68. The standard InChI is InChI=1S/C15H11F3N4O/c1-7-11-12(8-3-2-4-9(5-8)15(16,17)18)10(6-19)13(20)23-14(11)22-21-7/h2-5,12H,20H2,1H3,(H,21,22)/t12-/m1/s1. The number of aryl methyl sites for hydroxylation is 1. The molecular weight excluding hydrogens is 309 g/mol. The van der Waals surface area contributed by atoms with Gasteiger partial charge in [-0.15, -0.1) is 5.10 Å². The van der Waals surface area contributed by atoms with E-state index in [9.17, 15) is 18.4 Å². The molecule has 3 N–H and O–H groups in total. The fraction of sp³-hybridized carbons (Fsp3) is 0.200. The Hall–Kier alpha value is -2.95. The van der Waals surface area contributed by atoms with Gasteiger partial charge in [0.05, 0.1) is 11.5 Å². The minimum Gasteiger partial charge on any atom is -0.420 e. The SMILES string of the molecule is Cc1[nH]nc2c1[C@H](c1cccc(C(F)(F)F)c1)C(C#N)=C(N)O2. The molecule has 0 amide bonds. The topological polar surface area (TPSA) is 87.7 Å². The maximum absolute atomic E-state index is 13.0. The smallest absolute Gasteiger partial charge is 0.416 e. The molecule has 0 bridgehead atoms. The van der Waals surface area contributed by atoms with Gasteiger partial charge in [0.25, 0.3) is 0 Å². The van der Waals surface area contributed by atoms with Crippen LogP contribution in [0.25, 0.3) is 0 Å². The van der Waals surface area contributed by atoms with E-state index in [1.54, 1.807) is 6.92 Å². The van der Waals surface area contributed by atoms with Crippen molar-refractivity contribution >= 4 is 0 Å². The van der Waals surface area contributed by atoms with Crippen LogP contribution in [0.1, 0.15) is 28.3 Å². The average Bonchev–Trinajstić information content (AvgIpc) is 2.86. The highest BCUT2D eigenvalue weighted by Crippen LogP contribution is 2.43. The van der Waals surface area contributed by atoms with Crippen molar-refractivity contribution in [3.8, 4) is 11.9 Å². The van der Waals surface area contributed by atoms with E-state index in [1.165, 1.54) is 12.1 Å². The first-order valence-corrected chi connectivity index (χ1v) is 6.62. The summed E-state index contributed by atoms with van der Waals surface area (Å²) < 4.78 is 44.2. The third-order valence-corrected chi connectivity index (χ3v) is 3.68. The van der Waals surface area contributed by atoms with Crippen LogP contribution >= 0.6 is 0 Å². The predicted molar refractivity (Wildman–Crippen MR) is 74.1 cm³/mol. The highest BCUT2D eigenvalue weighted by Gasteiger charge is 2.36. The van der Waals surface area contributed by atoms with Gasteiger partial charge in [-0.05, 0) is 18.6 Å². The van der Waals surface area contributed by atoms with Gasteiger partial charge < -0.3 is 10.5 Å². The van der Waals surface area contributed by atoms with Gasteiger partial charge in [-0.3, -0.25) is 5.10 Å². The molecule has 0 radical (unpaired) electrons. The lowest BCUT2D eigenvalue weighted by molar-refractivity contribution is -0.137. The maximum atomic E-state index is 13.0. The van der Waals surface area contributed by atoms with Gasteiger partial charge in [0.15, 0.2) is 0 Å². The second-order valence-electron chi connectivity index (χ2n) is 5.12. The highest BCUT2D eigenvalue weighted by molar-refractivity contribution is 5.55. The Balaban J connectivity index is 2.21. The molecule has 1 aliphatic rings. The summed E-state index contributed by atoms with van der Waals surface area (Å²) in [5.74, 6) is -0.750. The zero-order valence-corrected chi connectivity index (χ0v) is 11.9. The predicted octanol–water partition coefficient (Wildman–Crippen LogP) is 2.96. The number of ether oxygens (including phenoxy) is 1. The van der Waals surface area contributed by atoms with E-state index in [0.29, 0.717) is 16.8 Å². The van der Waals surface area contributed by atoms with Gasteiger partial charge in [-0.25, -0.2) is 0 Å². The van der Waals surface area contributed by atoms with Gasteiger partial charge in [-0.2, -0.15) is 18.4 Å². The third kappa shape index (κ3) is 2.40. The van der Waals surface area contributed by atoms with Crippen molar-refractivity contribution < 1.29 is 17.9 Å². The summed E-state index contributed by atoms with van der Waals surface area (Å²) in [5.41, 5.74) is 6.40. The van der Waals surface area contributed by atoms with Crippen molar-refractivity contribution in [1.82, 2.24) is 10.2 Å². The average molecular weight is 320 g/mol. The first-order chi connectivity index (χ1) is 10.8. The van der Waals surface area contributed by atoms with Crippen LogP contribution in [0.5, 0.6) is 5.88 Å². The largest absolute Gasteiger partial charge is 0.420 e. The van der Waals surface area contributed by atoms with E-state index in [0.717, 1.165) is 12.1 Å². The van der Waals surface area contributed by atoms with E-state index in [-0.39, 0.29) is 17.3 Å². The van der Waals surface area contributed by atoms with Crippen molar-refractivity contribution in [2.75, 3.05) is 0 Å². The molecule has 0 saturated heterocycles. The number of halogens is 3. The van der Waals surface area contributed by atoms with Crippen LogP contribution in [0.3, 0.4) is 0 Å². The zero-order valence-electron chi connectivity index (χ0n) is 11.9. The molecule has 2 aromatic rings. The number of aromatic amines is 1. The molecular formula is C15H11F3N4O. The molecule has 3 rings (SSSR count). The van der Waals surface area contributed by atoms with E-state index in [2.05, 4.69) is 10.2 Å². The number of fused-ring (bicyclic) bond motifs is 1. The van der Waals surface area contributed by atoms with Crippen LogP contribution in [0.2, 0.25) is 0 Å². The molecule has 0 fully saturated rings. The molecule has 0 spiro atoms. The van der Waals surface area contributed by atoms with Gasteiger partial charge in [0.2, 0.25) is 11.8 Å². The number of nitrogens with one attached hydrogen (secondary N) is 1.